The Kier molecular flexibility index (Phi) is 5.06. The van der Waals surface area contributed by atoms with Gasteiger partial charge in [-0.1, -0.05) is 6.92 Å². The van der Waals surface area contributed by atoms with Crippen LogP contribution in [0.15, 0.2) is 12.3 Å². The average molecular weight is 289 g/mol. The molecule has 1 aliphatic rings. The molecule has 2 heterocycles. The van der Waals surface area contributed by atoms with Crippen LogP contribution >= 0.6 is 0 Å². The van der Waals surface area contributed by atoms with E-state index in [-0.39, 0.29) is 11.3 Å². The van der Waals surface area contributed by atoms with Gasteiger partial charge in [0.2, 0.25) is 0 Å². The maximum Gasteiger partial charge on any atom is 0.289 e. The molecule has 0 aromatic carbocycles. The predicted molar refractivity (Wildman–Crippen MR) is 79.1 cm³/mol. The molecule has 0 bridgehead atoms. The number of aromatic nitrogens is 1. The van der Waals surface area contributed by atoms with Gasteiger partial charge < -0.3 is 10.2 Å². The van der Waals surface area contributed by atoms with Crippen molar-refractivity contribution in [3.8, 4) is 6.07 Å². The van der Waals surface area contributed by atoms with Crippen molar-refractivity contribution in [1.29, 1.82) is 5.26 Å². The third kappa shape index (κ3) is 3.67. The van der Waals surface area contributed by atoms with E-state index < -0.39 is 4.92 Å². The zero-order valence-corrected chi connectivity index (χ0v) is 12.1. The Morgan fingerprint density at radius 2 is 2.29 bits per heavy atom. The van der Waals surface area contributed by atoms with Gasteiger partial charge >= 0.3 is 0 Å². The summed E-state index contributed by atoms with van der Waals surface area (Å²) in [4.78, 5) is 16.4. The summed E-state index contributed by atoms with van der Waals surface area (Å²) in [6.07, 6.45) is 3.30. The molecular weight excluding hydrogens is 270 g/mol. The molecule has 0 saturated carbocycles. The number of nitro groups is 1. The standard InChI is InChI=1S/C14H19N5O2/c1-2-16-9-11-3-5-18(6-4-11)14-12(8-15)7-13(10-17-14)19(20)21/h7,10-11,16H,2-6,9H2,1H3. The molecule has 0 radical (unpaired) electrons. The summed E-state index contributed by atoms with van der Waals surface area (Å²) < 4.78 is 0. The smallest absolute Gasteiger partial charge is 0.289 e. The highest BCUT2D eigenvalue weighted by molar-refractivity contribution is 5.57. The van der Waals surface area contributed by atoms with E-state index in [1.54, 1.807) is 0 Å². The third-order valence-corrected chi connectivity index (χ3v) is 3.78. The van der Waals surface area contributed by atoms with Gasteiger partial charge in [0.05, 0.1) is 4.92 Å². The van der Waals surface area contributed by atoms with E-state index in [4.69, 9.17) is 0 Å². The lowest BCUT2D eigenvalue weighted by Gasteiger charge is -2.33. The van der Waals surface area contributed by atoms with Crippen LogP contribution in [0.5, 0.6) is 0 Å². The number of hydrogen-bond donors (Lipinski definition) is 1. The maximum absolute atomic E-state index is 10.7. The van der Waals surface area contributed by atoms with Crippen molar-refractivity contribution >= 4 is 11.5 Å². The van der Waals surface area contributed by atoms with Crippen molar-refractivity contribution in [1.82, 2.24) is 10.3 Å². The zero-order valence-electron chi connectivity index (χ0n) is 12.1. The van der Waals surface area contributed by atoms with Crippen LogP contribution in [0, 0.1) is 27.4 Å². The lowest BCUT2D eigenvalue weighted by atomic mass is 9.96. The monoisotopic (exact) mass is 289 g/mol. The largest absolute Gasteiger partial charge is 0.355 e. The van der Waals surface area contributed by atoms with Gasteiger partial charge in [0.1, 0.15) is 23.6 Å². The van der Waals surface area contributed by atoms with E-state index in [0.717, 1.165) is 39.0 Å². The van der Waals surface area contributed by atoms with Crippen LogP contribution in [0.3, 0.4) is 0 Å². The van der Waals surface area contributed by atoms with Crippen molar-refractivity contribution in [3.05, 3.63) is 27.9 Å². The van der Waals surface area contributed by atoms with Crippen LogP contribution in [0.2, 0.25) is 0 Å². The van der Waals surface area contributed by atoms with Crippen LogP contribution in [0.1, 0.15) is 25.3 Å². The van der Waals surface area contributed by atoms with Gasteiger partial charge in [-0.25, -0.2) is 4.98 Å². The summed E-state index contributed by atoms with van der Waals surface area (Å²) in [5, 5.41) is 23.3. The second-order valence-corrected chi connectivity index (χ2v) is 5.17. The molecule has 0 aliphatic carbocycles. The van der Waals surface area contributed by atoms with Crippen LogP contribution in [0.4, 0.5) is 11.5 Å². The molecule has 112 valence electrons. The normalized spacial score (nSPS) is 15.7. The molecule has 0 atom stereocenters. The molecule has 1 N–H and O–H groups in total. The number of nitriles is 1. The van der Waals surface area contributed by atoms with Crippen LogP contribution in [-0.2, 0) is 0 Å². The molecule has 1 aliphatic heterocycles. The van der Waals surface area contributed by atoms with Crippen LogP contribution in [0.25, 0.3) is 0 Å². The summed E-state index contributed by atoms with van der Waals surface area (Å²) in [6.45, 7) is 5.74. The highest BCUT2D eigenvalue weighted by Gasteiger charge is 2.23. The minimum Gasteiger partial charge on any atom is -0.355 e. The third-order valence-electron chi connectivity index (χ3n) is 3.78. The second-order valence-electron chi connectivity index (χ2n) is 5.17. The van der Waals surface area contributed by atoms with E-state index in [0.29, 0.717) is 11.7 Å². The average Bonchev–Trinajstić information content (AvgIpc) is 2.52. The van der Waals surface area contributed by atoms with Gasteiger partial charge in [-0.15, -0.1) is 0 Å². The quantitative estimate of drug-likeness (QED) is 0.654. The van der Waals surface area contributed by atoms with Crippen molar-refractivity contribution in [2.24, 2.45) is 5.92 Å². The van der Waals surface area contributed by atoms with Gasteiger partial charge in [-0.3, -0.25) is 10.1 Å². The topological polar surface area (TPSA) is 95.1 Å². The molecular formula is C14H19N5O2. The minimum absolute atomic E-state index is 0.141. The van der Waals surface area contributed by atoms with Crippen LogP contribution in [-0.4, -0.2) is 36.1 Å². The fourth-order valence-corrected chi connectivity index (χ4v) is 2.58. The number of hydrogen-bond acceptors (Lipinski definition) is 6. The van der Waals surface area contributed by atoms with Gasteiger partial charge in [-0.2, -0.15) is 5.26 Å². The molecule has 2 rings (SSSR count). The van der Waals surface area contributed by atoms with Crippen molar-refractivity contribution < 1.29 is 4.92 Å². The van der Waals surface area contributed by atoms with Crippen molar-refractivity contribution in [3.63, 3.8) is 0 Å². The molecule has 7 heteroatoms. The number of rotatable bonds is 5. The summed E-state index contributed by atoms with van der Waals surface area (Å²) in [7, 11) is 0. The fraction of sp³-hybridized carbons (Fsp3) is 0.571. The number of nitrogens with one attached hydrogen (secondary N) is 1. The Hall–Kier alpha value is -2.20. The molecule has 1 aromatic heterocycles. The Morgan fingerprint density at radius 1 is 1.57 bits per heavy atom. The summed E-state index contributed by atoms with van der Waals surface area (Å²) in [5.41, 5.74) is 0.131. The SMILES string of the molecule is CCNCC1CCN(c2ncc([N+](=O)[O-])cc2C#N)CC1. The summed E-state index contributed by atoms with van der Waals surface area (Å²) in [5.74, 6) is 1.20. The van der Waals surface area contributed by atoms with Crippen molar-refractivity contribution in [2.45, 2.75) is 19.8 Å². The first-order valence-electron chi connectivity index (χ1n) is 7.16. The predicted octanol–water partition coefficient (Wildman–Crippen LogP) is 1.69. The molecule has 0 unspecified atom stereocenters. The van der Waals surface area contributed by atoms with Gasteiger partial charge in [-0.05, 0) is 31.8 Å². The second kappa shape index (κ2) is 6.99. The van der Waals surface area contributed by atoms with E-state index >= 15 is 0 Å². The Morgan fingerprint density at radius 3 is 2.86 bits per heavy atom. The Balaban J connectivity index is 2.06. The lowest BCUT2D eigenvalue weighted by molar-refractivity contribution is -0.385. The lowest BCUT2D eigenvalue weighted by Crippen LogP contribution is -2.38. The van der Waals surface area contributed by atoms with E-state index in [1.165, 1.54) is 12.3 Å². The molecule has 1 aromatic rings. The Labute approximate surface area is 123 Å². The first kappa shape index (κ1) is 15.2. The molecule has 7 nitrogen and oxygen atoms in total. The minimum atomic E-state index is -0.528. The molecule has 1 fully saturated rings. The number of pyridine rings is 1. The summed E-state index contributed by atoms with van der Waals surface area (Å²) >= 11 is 0. The first-order chi connectivity index (χ1) is 10.2. The molecule has 1 saturated heterocycles. The molecule has 21 heavy (non-hydrogen) atoms. The van der Waals surface area contributed by atoms with Gasteiger partial charge in [0.15, 0.2) is 0 Å². The first-order valence-corrected chi connectivity index (χ1v) is 7.16. The zero-order chi connectivity index (χ0) is 15.2. The van der Waals surface area contributed by atoms with Gasteiger partial charge in [0.25, 0.3) is 5.69 Å². The maximum atomic E-state index is 10.7. The highest BCUT2D eigenvalue weighted by atomic mass is 16.6. The Bertz CT molecular complexity index is 547. The van der Waals surface area contributed by atoms with E-state index in [2.05, 4.69) is 17.2 Å². The summed E-state index contributed by atoms with van der Waals surface area (Å²) in [6, 6.07) is 3.31. The van der Waals surface area contributed by atoms with Crippen molar-refractivity contribution in [2.75, 3.05) is 31.1 Å². The van der Waals surface area contributed by atoms with E-state index in [9.17, 15) is 15.4 Å². The number of anilines is 1. The molecule has 0 spiro atoms. The van der Waals surface area contributed by atoms with E-state index in [1.807, 2.05) is 11.0 Å². The number of nitrogens with zero attached hydrogens (tertiary/aromatic N) is 4. The van der Waals surface area contributed by atoms with Gasteiger partial charge in [0, 0.05) is 19.2 Å². The fourth-order valence-electron chi connectivity index (χ4n) is 2.58. The number of piperidine rings is 1. The van der Waals surface area contributed by atoms with Crippen LogP contribution < -0.4 is 10.2 Å². The highest BCUT2D eigenvalue weighted by Crippen LogP contribution is 2.26. The molecule has 0 amide bonds.